The van der Waals surface area contributed by atoms with Gasteiger partial charge < -0.3 is 10.6 Å². The van der Waals surface area contributed by atoms with Crippen LogP contribution in [0.5, 0.6) is 0 Å². The summed E-state index contributed by atoms with van der Waals surface area (Å²) in [6.45, 7) is 3.47. The molecule has 16 heavy (non-hydrogen) atoms. The Kier molecular flexibility index (Phi) is 4.22. The van der Waals surface area contributed by atoms with Gasteiger partial charge in [0, 0.05) is 10.6 Å². The van der Waals surface area contributed by atoms with Gasteiger partial charge in [-0.15, -0.1) is 0 Å². The molecule has 0 spiro atoms. The highest BCUT2D eigenvalue weighted by Crippen LogP contribution is 2.20. The van der Waals surface area contributed by atoms with Crippen LogP contribution in [0.15, 0.2) is 24.3 Å². The monoisotopic (exact) mass is 240 g/mol. The zero-order chi connectivity index (χ0) is 11.4. The van der Waals surface area contributed by atoms with Crippen LogP contribution in [0.2, 0.25) is 5.02 Å². The molecule has 0 radical (unpaired) electrons. The number of likely N-dealkylation sites (tertiary alicyclic amines) is 1. The van der Waals surface area contributed by atoms with Gasteiger partial charge in [0.2, 0.25) is 0 Å². The number of quaternary nitrogens is 2. The van der Waals surface area contributed by atoms with Crippen molar-refractivity contribution >= 4 is 11.6 Å². The lowest BCUT2D eigenvalue weighted by atomic mass is 10.0. The van der Waals surface area contributed by atoms with Crippen molar-refractivity contribution in [2.45, 2.75) is 25.3 Å². The number of benzene rings is 1. The van der Waals surface area contributed by atoms with Gasteiger partial charge in [-0.25, -0.2) is 0 Å². The van der Waals surface area contributed by atoms with E-state index in [0.29, 0.717) is 6.04 Å². The van der Waals surface area contributed by atoms with Crippen molar-refractivity contribution in [2.75, 3.05) is 19.6 Å². The molecule has 1 heterocycles. The van der Waals surface area contributed by atoms with Gasteiger partial charge in [-0.3, -0.25) is 0 Å². The topological polar surface area (TPSA) is 32.1 Å². The van der Waals surface area contributed by atoms with E-state index in [9.17, 15) is 0 Å². The van der Waals surface area contributed by atoms with Gasteiger partial charge in [0.25, 0.3) is 0 Å². The van der Waals surface area contributed by atoms with Crippen LogP contribution in [0.4, 0.5) is 0 Å². The number of hydrogen-bond acceptors (Lipinski definition) is 0. The fourth-order valence-electron chi connectivity index (χ4n) is 2.69. The Bertz CT molecular complexity index is 334. The third-order valence-electron chi connectivity index (χ3n) is 3.56. The van der Waals surface area contributed by atoms with Crippen LogP contribution in [-0.2, 0) is 0 Å². The smallest absolute Gasteiger partial charge is 0.164 e. The fourth-order valence-corrected chi connectivity index (χ4v) is 2.96. The van der Waals surface area contributed by atoms with E-state index in [1.807, 2.05) is 12.1 Å². The molecule has 1 aliphatic heterocycles. The first kappa shape index (κ1) is 11.9. The Labute approximate surface area is 102 Å². The second-order valence-electron chi connectivity index (χ2n) is 4.58. The number of halogens is 1. The Hall–Kier alpha value is -0.570. The van der Waals surface area contributed by atoms with Gasteiger partial charge in [0.1, 0.15) is 6.54 Å². The molecule has 2 rings (SSSR count). The van der Waals surface area contributed by atoms with E-state index in [-0.39, 0.29) is 0 Å². The summed E-state index contributed by atoms with van der Waals surface area (Å²) in [5.74, 6) is 0. The highest BCUT2D eigenvalue weighted by molar-refractivity contribution is 6.31. The first-order valence-electron chi connectivity index (χ1n) is 6.21. The molecule has 4 N–H and O–H groups in total. The quantitative estimate of drug-likeness (QED) is 0.780. The molecule has 0 unspecified atom stereocenters. The maximum Gasteiger partial charge on any atom is 0.164 e. The van der Waals surface area contributed by atoms with Crippen molar-refractivity contribution in [3.05, 3.63) is 34.9 Å². The molecule has 0 aromatic heterocycles. The summed E-state index contributed by atoms with van der Waals surface area (Å²) in [5, 5.41) is 0.897. The van der Waals surface area contributed by atoms with E-state index >= 15 is 0 Å². The number of piperidine rings is 1. The highest BCUT2D eigenvalue weighted by atomic mass is 35.5. The first-order valence-corrected chi connectivity index (χ1v) is 6.59. The van der Waals surface area contributed by atoms with Crippen LogP contribution < -0.4 is 10.6 Å². The molecule has 0 saturated carbocycles. The minimum absolute atomic E-state index is 0.481. The third kappa shape index (κ3) is 2.57. The Morgan fingerprint density at radius 1 is 1.19 bits per heavy atom. The van der Waals surface area contributed by atoms with E-state index < -0.39 is 0 Å². The van der Waals surface area contributed by atoms with Crippen molar-refractivity contribution in [3.8, 4) is 0 Å². The largest absolute Gasteiger partial charge is 0.352 e. The molecule has 0 bridgehead atoms. The molecule has 1 fully saturated rings. The number of nitrogens with one attached hydrogen (secondary N) is 1. The zero-order valence-corrected chi connectivity index (χ0v) is 10.5. The zero-order valence-electron chi connectivity index (χ0n) is 9.71. The van der Waals surface area contributed by atoms with E-state index in [4.69, 9.17) is 11.6 Å². The summed E-state index contributed by atoms with van der Waals surface area (Å²) in [6, 6.07) is 8.70. The Morgan fingerprint density at radius 2 is 1.88 bits per heavy atom. The second-order valence-corrected chi connectivity index (χ2v) is 4.99. The lowest BCUT2D eigenvalue weighted by Crippen LogP contribution is -3.14. The predicted molar refractivity (Wildman–Crippen MR) is 66.5 cm³/mol. The molecular weight excluding hydrogens is 220 g/mol. The molecule has 3 heteroatoms. The molecule has 88 valence electrons. The normalized spacial score (nSPS) is 19.6. The van der Waals surface area contributed by atoms with E-state index in [2.05, 4.69) is 17.9 Å². The average molecular weight is 241 g/mol. The summed E-state index contributed by atoms with van der Waals surface area (Å²) < 4.78 is 0. The second kappa shape index (κ2) is 5.67. The van der Waals surface area contributed by atoms with Gasteiger partial charge in [-0.05, 0) is 25.3 Å². The molecular formula is C13H21ClN2+2. The molecule has 2 nitrogen and oxygen atoms in total. The van der Waals surface area contributed by atoms with Crippen molar-refractivity contribution < 1.29 is 10.6 Å². The van der Waals surface area contributed by atoms with E-state index in [1.54, 1.807) is 4.90 Å². The highest BCUT2D eigenvalue weighted by Gasteiger charge is 2.27. The summed E-state index contributed by atoms with van der Waals surface area (Å²) in [7, 11) is 0. The minimum atomic E-state index is 0.481. The maximum absolute atomic E-state index is 6.28. The molecule has 1 saturated heterocycles. The summed E-state index contributed by atoms with van der Waals surface area (Å²) in [4.78, 5) is 1.66. The standard InChI is InChI=1S/C13H19ClN2/c14-12-7-3-2-6-11(12)13(10-15)16-8-4-1-5-9-16/h2-3,6-7,13H,1,4-5,8-10,15H2/p+2/t13-/m0/s1. The first-order chi connectivity index (χ1) is 7.83. The average Bonchev–Trinajstić information content (AvgIpc) is 2.34. The SMILES string of the molecule is [NH3+]C[C@@H](c1ccccc1Cl)[NH+]1CCCCC1. The van der Waals surface area contributed by atoms with Crippen LogP contribution in [0.25, 0.3) is 0 Å². The Morgan fingerprint density at radius 3 is 2.50 bits per heavy atom. The summed E-state index contributed by atoms with van der Waals surface area (Å²) >= 11 is 6.28. The van der Waals surface area contributed by atoms with Crippen molar-refractivity contribution in [1.82, 2.24) is 0 Å². The lowest BCUT2D eigenvalue weighted by Gasteiger charge is -2.30. The van der Waals surface area contributed by atoms with Gasteiger partial charge in [-0.1, -0.05) is 29.8 Å². The molecule has 0 amide bonds. The molecule has 0 aliphatic carbocycles. The van der Waals surface area contributed by atoms with Crippen LogP contribution in [0.1, 0.15) is 30.9 Å². The van der Waals surface area contributed by atoms with Crippen LogP contribution in [-0.4, -0.2) is 19.6 Å². The van der Waals surface area contributed by atoms with Crippen LogP contribution >= 0.6 is 11.6 Å². The van der Waals surface area contributed by atoms with Gasteiger partial charge in [0.05, 0.1) is 13.1 Å². The third-order valence-corrected chi connectivity index (χ3v) is 3.90. The number of hydrogen-bond donors (Lipinski definition) is 2. The van der Waals surface area contributed by atoms with Gasteiger partial charge in [0.15, 0.2) is 6.04 Å². The summed E-state index contributed by atoms with van der Waals surface area (Å²) in [5.41, 5.74) is 5.37. The maximum atomic E-state index is 6.28. The van der Waals surface area contributed by atoms with E-state index in [1.165, 1.54) is 37.9 Å². The van der Waals surface area contributed by atoms with Crippen molar-refractivity contribution in [2.24, 2.45) is 0 Å². The van der Waals surface area contributed by atoms with Crippen molar-refractivity contribution in [3.63, 3.8) is 0 Å². The van der Waals surface area contributed by atoms with Crippen molar-refractivity contribution in [1.29, 1.82) is 0 Å². The fraction of sp³-hybridized carbons (Fsp3) is 0.538. The van der Waals surface area contributed by atoms with E-state index in [0.717, 1.165) is 11.6 Å². The van der Waals surface area contributed by atoms with Crippen LogP contribution in [0, 0.1) is 0 Å². The lowest BCUT2D eigenvalue weighted by molar-refractivity contribution is -0.942. The number of rotatable bonds is 3. The molecule has 1 aliphatic rings. The van der Waals surface area contributed by atoms with Gasteiger partial charge in [-0.2, -0.15) is 0 Å². The van der Waals surface area contributed by atoms with Gasteiger partial charge >= 0.3 is 0 Å². The predicted octanol–water partition coefficient (Wildman–Crippen LogP) is 0.692. The van der Waals surface area contributed by atoms with Crippen LogP contribution in [0.3, 0.4) is 0 Å². The molecule has 1 aromatic rings. The molecule has 1 atom stereocenters. The molecule has 1 aromatic carbocycles. The Balaban J connectivity index is 2.18. The minimum Gasteiger partial charge on any atom is -0.352 e. The summed E-state index contributed by atoms with van der Waals surface area (Å²) in [6.07, 6.45) is 4.07.